The van der Waals surface area contributed by atoms with Crippen LogP contribution >= 0.6 is 12.6 Å². The molecule has 4 heteroatoms. The van der Waals surface area contributed by atoms with Gasteiger partial charge in [0.15, 0.2) is 6.61 Å². The van der Waals surface area contributed by atoms with Gasteiger partial charge in [-0.25, -0.2) is 0 Å². The number of ether oxygens (including phenoxy) is 1. The smallest absolute Gasteiger partial charge is 0.257 e. The van der Waals surface area contributed by atoms with Gasteiger partial charge in [0.2, 0.25) is 0 Å². The Balaban J connectivity index is 2.24. The molecule has 0 spiro atoms. The van der Waals surface area contributed by atoms with Gasteiger partial charge < -0.3 is 10.1 Å². The summed E-state index contributed by atoms with van der Waals surface area (Å²) in [6.45, 7) is 0.623. The lowest BCUT2D eigenvalue weighted by atomic mass is 10.3. The Morgan fingerprint density at radius 3 is 2.71 bits per heavy atom. The number of rotatable bonds is 5. The fourth-order valence-corrected chi connectivity index (χ4v) is 1.02. The summed E-state index contributed by atoms with van der Waals surface area (Å²) in [6, 6.07) is 9.24. The number of thiol groups is 1. The monoisotopic (exact) mass is 211 g/mol. The predicted octanol–water partition coefficient (Wildman–Crippen LogP) is 1.11. The van der Waals surface area contributed by atoms with E-state index in [0.717, 1.165) is 0 Å². The fraction of sp³-hybridized carbons (Fsp3) is 0.300. The third-order valence-electron chi connectivity index (χ3n) is 1.55. The SMILES string of the molecule is O=C(COc1ccccc1)NCCS. The second-order valence-electron chi connectivity index (χ2n) is 2.68. The molecule has 1 aromatic rings. The maximum absolute atomic E-state index is 11.1. The van der Waals surface area contributed by atoms with Crippen molar-refractivity contribution in [2.24, 2.45) is 0 Å². The van der Waals surface area contributed by atoms with Crippen molar-refractivity contribution in [2.45, 2.75) is 0 Å². The Kier molecular flexibility index (Phi) is 4.93. The van der Waals surface area contributed by atoms with E-state index in [9.17, 15) is 4.79 Å². The van der Waals surface area contributed by atoms with Crippen LogP contribution < -0.4 is 10.1 Å². The van der Waals surface area contributed by atoms with Crippen LogP contribution in [0.4, 0.5) is 0 Å². The molecule has 0 unspecified atom stereocenters. The van der Waals surface area contributed by atoms with Crippen LogP contribution in [0.15, 0.2) is 30.3 Å². The molecule has 0 aliphatic heterocycles. The first-order valence-corrected chi connectivity index (χ1v) is 5.01. The summed E-state index contributed by atoms with van der Waals surface area (Å²) >= 11 is 3.98. The minimum absolute atomic E-state index is 0.0534. The second kappa shape index (κ2) is 6.32. The number of hydrogen-bond donors (Lipinski definition) is 2. The number of amides is 1. The number of hydrogen-bond acceptors (Lipinski definition) is 3. The van der Waals surface area contributed by atoms with Crippen LogP contribution in [-0.2, 0) is 4.79 Å². The summed E-state index contributed by atoms with van der Waals surface area (Å²) in [4.78, 5) is 11.1. The van der Waals surface area contributed by atoms with Crippen LogP contribution in [0.5, 0.6) is 5.75 Å². The van der Waals surface area contributed by atoms with Gasteiger partial charge >= 0.3 is 0 Å². The highest BCUT2D eigenvalue weighted by atomic mass is 32.1. The van der Waals surface area contributed by atoms with E-state index in [1.165, 1.54) is 0 Å². The number of nitrogens with one attached hydrogen (secondary N) is 1. The molecule has 0 aromatic heterocycles. The number of carbonyl (C=O) groups excluding carboxylic acids is 1. The minimum Gasteiger partial charge on any atom is -0.484 e. The summed E-state index contributed by atoms with van der Waals surface area (Å²) in [5.74, 6) is 1.22. The molecule has 1 aromatic carbocycles. The summed E-state index contributed by atoms with van der Waals surface area (Å²) < 4.78 is 5.23. The molecule has 0 aliphatic carbocycles. The summed E-state index contributed by atoms with van der Waals surface area (Å²) in [7, 11) is 0. The lowest BCUT2D eigenvalue weighted by Gasteiger charge is -2.05. The van der Waals surface area contributed by atoms with Gasteiger partial charge in [-0.15, -0.1) is 0 Å². The third kappa shape index (κ3) is 4.18. The zero-order valence-corrected chi connectivity index (χ0v) is 8.67. The summed E-state index contributed by atoms with van der Waals surface area (Å²) in [5, 5.41) is 2.66. The average molecular weight is 211 g/mol. The Morgan fingerprint density at radius 1 is 1.36 bits per heavy atom. The van der Waals surface area contributed by atoms with Crippen molar-refractivity contribution >= 4 is 18.5 Å². The Bertz CT molecular complexity index is 277. The van der Waals surface area contributed by atoms with Gasteiger partial charge in [0.05, 0.1) is 0 Å². The van der Waals surface area contributed by atoms with Gasteiger partial charge in [-0.05, 0) is 12.1 Å². The minimum atomic E-state index is -0.122. The van der Waals surface area contributed by atoms with E-state index >= 15 is 0 Å². The molecular formula is C10H13NO2S. The standard InChI is InChI=1S/C10H13NO2S/c12-10(11-6-7-14)8-13-9-4-2-1-3-5-9/h1-5,14H,6-8H2,(H,11,12). The van der Waals surface area contributed by atoms with Crippen LogP contribution in [0.1, 0.15) is 0 Å². The van der Waals surface area contributed by atoms with Crippen molar-refractivity contribution in [3.05, 3.63) is 30.3 Å². The molecule has 76 valence electrons. The van der Waals surface area contributed by atoms with E-state index < -0.39 is 0 Å². The molecular weight excluding hydrogens is 198 g/mol. The first-order chi connectivity index (χ1) is 6.83. The highest BCUT2D eigenvalue weighted by Gasteiger charge is 2.00. The molecule has 0 bridgehead atoms. The lowest BCUT2D eigenvalue weighted by molar-refractivity contribution is -0.122. The highest BCUT2D eigenvalue weighted by molar-refractivity contribution is 7.80. The van der Waals surface area contributed by atoms with Gasteiger partial charge in [-0.3, -0.25) is 4.79 Å². The molecule has 0 saturated carbocycles. The van der Waals surface area contributed by atoms with Crippen LogP contribution in [0.25, 0.3) is 0 Å². The summed E-state index contributed by atoms with van der Waals surface area (Å²) in [6.07, 6.45) is 0. The first-order valence-electron chi connectivity index (χ1n) is 4.38. The molecule has 3 nitrogen and oxygen atoms in total. The van der Waals surface area contributed by atoms with E-state index in [4.69, 9.17) is 4.74 Å². The number of benzene rings is 1. The van der Waals surface area contributed by atoms with Crippen molar-refractivity contribution < 1.29 is 9.53 Å². The maximum Gasteiger partial charge on any atom is 0.257 e. The third-order valence-corrected chi connectivity index (χ3v) is 1.77. The van der Waals surface area contributed by atoms with Crippen molar-refractivity contribution in [3.63, 3.8) is 0 Å². The second-order valence-corrected chi connectivity index (χ2v) is 3.12. The van der Waals surface area contributed by atoms with Crippen molar-refractivity contribution in [2.75, 3.05) is 18.9 Å². The zero-order chi connectivity index (χ0) is 10.2. The molecule has 0 radical (unpaired) electrons. The van der Waals surface area contributed by atoms with E-state index in [1.807, 2.05) is 30.3 Å². The van der Waals surface area contributed by atoms with Gasteiger partial charge in [-0.2, -0.15) is 12.6 Å². The fourth-order valence-electron chi connectivity index (χ4n) is 0.912. The predicted molar refractivity (Wildman–Crippen MR) is 58.8 cm³/mol. The average Bonchev–Trinajstić information content (AvgIpc) is 2.25. The van der Waals surface area contributed by atoms with Crippen LogP contribution in [-0.4, -0.2) is 24.8 Å². The summed E-state index contributed by atoms with van der Waals surface area (Å²) in [5.41, 5.74) is 0. The van der Waals surface area contributed by atoms with E-state index in [0.29, 0.717) is 18.0 Å². The van der Waals surface area contributed by atoms with E-state index in [2.05, 4.69) is 17.9 Å². The van der Waals surface area contributed by atoms with E-state index in [1.54, 1.807) is 0 Å². The Labute approximate surface area is 88.9 Å². The molecule has 0 aliphatic rings. The molecule has 0 fully saturated rings. The van der Waals surface area contributed by atoms with Crippen LogP contribution in [0.2, 0.25) is 0 Å². The molecule has 1 N–H and O–H groups in total. The molecule has 0 saturated heterocycles. The van der Waals surface area contributed by atoms with Crippen molar-refractivity contribution in [1.29, 1.82) is 0 Å². The zero-order valence-electron chi connectivity index (χ0n) is 7.77. The molecule has 0 atom stereocenters. The van der Waals surface area contributed by atoms with Gasteiger partial charge in [-0.1, -0.05) is 18.2 Å². The van der Waals surface area contributed by atoms with Gasteiger partial charge in [0, 0.05) is 12.3 Å². The van der Waals surface area contributed by atoms with Gasteiger partial charge in [0.25, 0.3) is 5.91 Å². The largest absolute Gasteiger partial charge is 0.484 e. The van der Waals surface area contributed by atoms with Crippen molar-refractivity contribution in [1.82, 2.24) is 5.32 Å². The van der Waals surface area contributed by atoms with Gasteiger partial charge in [0.1, 0.15) is 5.75 Å². The van der Waals surface area contributed by atoms with E-state index in [-0.39, 0.29) is 12.5 Å². The molecule has 0 heterocycles. The topological polar surface area (TPSA) is 38.3 Å². The van der Waals surface area contributed by atoms with Crippen molar-refractivity contribution in [3.8, 4) is 5.75 Å². The molecule has 14 heavy (non-hydrogen) atoms. The maximum atomic E-state index is 11.1. The normalized spacial score (nSPS) is 9.50. The quantitative estimate of drug-likeness (QED) is 0.716. The molecule has 1 rings (SSSR count). The Hall–Kier alpha value is -1.16. The lowest BCUT2D eigenvalue weighted by Crippen LogP contribution is -2.30. The van der Waals surface area contributed by atoms with Crippen LogP contribution in [0.3, 0.4) is 0 Å². The highest BCUT2D eigenvalue weighted by Crippen LogP contribution is 2.07. The first kappa shape index (κ1) is 10.9. The number of para-hydroxylation sites is 1. The molecule has 1 amide bonds. The number of carbonyl (C=O) groups is 1. The van der Waals surface area contributed by atoms with Crippen LogP contribution in [0, 0.1) is 0 Å². The Morgan fingerprint density at radius 2 is 2.07 bits per heavy atom.